The number of allylic oxidation sites excluding steroid dienone is 1. The van der Waals surface area contributed by atoms with Crippen LogP contribution in [-0.4, -0.2) is 7.11 Å². The van der Waals surface area contributed by atoms with Gasteiger partial charge in [0.25, 0.3) is 0 Å². The molecular formula is C4H6NNaO. The molecule has 0 aromatic carbocycles. The second-order valence-electron chi connectivity index (χ2n) is 0.333. The van der Waals surface area contributed by atoms with E-state index in [-0.39, 0.29) is 29.6 Å². The summed E-state index contributed by atoms with van der Waals surface area (Å²) in [5, 5.41) is 15.8. The topological polar surface area (TPSA) is 46.8 Å². The zero-order chi connectivity index (χ0) is 5.41. The minimum Gasteiger partial charge on any atom is -0.857 e. The van der Waals surface area contributed by atoms with Gasteiger partial charge in [-0.15, -0.1) is 0 Å². The average Bonchev–Trinajstić information content (AvgIpc) is 1.72. The smallest absolute Gasteiger partial charge is 0.857 e. The molecule has 0 aliphatic carbocycles. The number of nitriles is 1. The molecule has 0 aromatic rings. The van der Waals surface area contributed by atoms with Crippen LogP contribution in [0.1, 0.15) is 0 Å². The largest absolute Gasteiger partial charge is 1.00 e. The molecular weight excluding hydrogens is 101 g/mol. The molecule has 0 aliphatic rings. The van der Waals surface area contributed by atoms with Crippen LogP contribution >= 0.6 is 0 Å². The SMILES string of the molecule is C=CC#N.C[O-].[Na+]. The summed E-state index contributed by atoms with van der Waals surface area (Å²) < 4.78 is 0. The van der Waals surface area contributed by atoms with Crippen LogP contribution in [0.3, 0.4) is 0 Å². The van der Waals surface area contributed by atoms with E-state index >= 15 is 0 Å². The van der Waals surface area contributed by atoms with Crippen molar-refractivity contribution < 1.29 is 34.7 Å². The summed E-state index contributed by atoms with van der Waals surface area (Å²) in [6, 6.07) is 1.69. The summed E-state index contributed by atoms with van der Waals surface area (Å²) in [5.41, 5.74) is 0. The van der Waals surface area contributed by atoms with Crippen LogP contribution in [-0.2, 0) is 0 Å². The van der Waals surface area contributed by atoms with Gasteiger partial charge in [0.05, 0.1) is 6.07 Å². The van der Waals surface area contributed by atoms with E-state index in [4.69, 9.17) is 10.4 Å². The molecule has 0 saturated heterocycles. The Morgan fingerprint density at radius 3 is 1.86 bits per heavy atom. The van der Waals surface area contributed by atoms with E-state index in [0.717, 1.165) is 7.11 Å². The molecule has 2 nitrogen and oxygen atoms in total. The Morgan fingerprint density at radius 2 is 1.86 bits per heavy atom. The summed E-state index contributed by atoms with van der Waals surface area (Å²) >= 11 is 0. The van der Waals surface area contributed by atoms with E-state index in [2.05, 4.69) is 6.58 Å². The van der Waals surface area contributed by atoms with E-state index in [1.165, 1.54) is 6.08 Å². The maximum absolute atomic E-state index is 8.25. The van der Waals surface area contributed by atoms with Crippen LogP contribution < -0.4 is 34.7 Å². The van der Waals surface area contributed by atoms with Gasteiger partial charge in [-0.2, -0.15) is 12.4 Å². The van der Waals surface area contributed by atoms with Gasteiger partial charge >= 0.3 is 29.6 Å². The van der Waals surface area contributed by atoms with Gasteiger partial charge in [-0.3, -0.25) is 0 Å². The molecule has 0 aromatic heterocycles. The summed E-state index contributed by atoms with van der Waals surface area (Å²) in [5.74, 6) is 0. The van der Waals surface area contributed by atoms with Crippen molar-refractivity contribution in [1.82, 2.24) is 0 Å². The van der Waals surface area contributed by atoms with Crippen LogP contribution in [0.15, 0.2) is 12.7 Å². The second-order valence-corrected chi connectivity index (χ2v) is 0.333. The Bertz CT molecular complexity index is 57.2. The van der Waals surface area contributed by atoms with Crippen LogP contribution in [0.25, 0.3) is 0 Å². The first-order valence-corrected chi connectivity index (χ1v) is 1.33. The van der Waals surface area contributed by atoms with Crippen molar-refractivity contribution in [3.63, 3.8) is 0 Å². The van der Waals surface area contributed by atoms with Gasteiger partial charge in [-0.25, -0.2) is 0 Å². The minimum absolute atomic E-state index is 0. The monoisotopic (exact) mass is 107 g/mol. The molecule has 7 heavy (non-hydrogen) atoms. The van der Waals surface area contributed by atoms with Crippen molar-refractivity contribution in [3.05, 3.63) is 12.7 Å². The zero-order valence-corrected chi connectivity index (χ0v) is 6.64. The van der Waals surface area contributed by atoms with Crippen LogP contribution in [0.5, 0.6) is 0 Å². The van der Waals surface area contributed by atoms with Crippen LogP contribution in [0.2, 0.25) is 0 Å². The molecule has 0 heterocycles. The van der Waals surface area contributed by atoms with Crippen LogP contribution in [0, 0.1) is 11.3 Å². The Morgan fingerprint density at radius 1 is 1.71 bits per heavy atom. The van der Waals surface area contributed by atoms with Crippen molar-refractivity contribution in [2.75, 3.05) is 7.11 Å². The first kappa shape index (κ1) is 15.7. The van der Waals surface area contributed by atoms with Crippen LogP contribution in [0.4, 0.5) is 0 Å². The Hall–Kier alpha value is 0.190. The van der Waals surface area contributed by atoms with Crippen molar-refractivity contribution in [2.24, 2.45) is 0 Å². The molecule has 0 spiro atoms. The van der Waals surface area contributed by atoms with E-state index in [1.54, 1.807) is 6.07 Å². The van der Waals surface area contributed by atoms with Gasteiger partial charge in [-0.1, -0.05) is 6.58 Å². The van der Waals surface area contributed by atoms with Gasteiger partial charge in [0.15, 0.2) is 0 Å². The summed E-state index contributed by atoms with van der Waals surface area (Å²) in [6.07, 6.45) is 1.18. The van der Waals surface area contributed by atoms with E-state index in [1.807, 2.05) is 0 Å². The molecule has 0 rings (SSSR count). The van der Waals surface area contributed by atoms with E-state index in [0.29, 0.717) is 0 Å². The molecule has 34 valence electrons. The molecule has 0 radical (unpaired) electrons. The summed E-state index contributed by atoms with van der Waals surface area (Å²) in [4.78, 5) is 0. The molecule has 0 aliphatic heterocycles. The van der Waals surface area contributed by atoms with Gasteiger partial charge < -0.3 is 5.11 Å². The first-order valence-electron chi connectivity index (χ1n) is 1.33. The molecule has 0 atom stereocenters. The molecule has 3 heteroatoms. The van der Waals surface area contributed by atoms with Crippen molar-refractivity contribution in [3.8, 4) is 6.07 Å². The van der Waals surface area contributed by atoms with Gasteiger partial charge in [0, 0.05) is 6.08 Å². The van der Waals surface area contributed by atoms with Crippen molar-refractivity contribution in [2.45, 2.75) is 0 Å². The normalized spacial score (nSPS) is 3.00. The number of hydrogen-bond acceptors (Lipinski definition) is 2. The summed E-state index contributed by atoms with van der Waals surface area (Å²) in [6.45, 7) is 3.12. The van der Waals surface area contributed by atoms with Gasteiger partial charge in [-0.05, 0) is 0 Å². The standard InChI is InChI=1S/C3H3N.CH3O.Na/c1-2-3-4;1-2;/h2H,1H2;1H3;/q;-1;+1. The number of rotatable bonds is 0. The molecule has 0 bridgehead atoms. The molecule has 0 unspecified atom stereocenters. The minimum atomic E-state index is 0. The van der Waals surface area contributed by atoms with Gasteiger partial charge in [0.1, 0.15) is 0 Å². The first-order chi connectivity index (χ1) is 2.91. The fourth-order valence-corrected chi connectivity index (χ4v) is 0. The predicted octanol–water partition coefficient (Wildman–Crippen LogP) is -3.32. The predicted molar refractivity (Wildman–Crippen MR) is 21.7 cm³/mol. The Kier molecular flexibility index (Phi) is 77.9. The third-order valence-electron chi connectivity index (χ3n) is 0.0913. The maximum atomic E-state index is 8.25. The molecule has 0 N–H and O–H groups in total. The molecule has 0 fully saturated rings. The Labute approximate surface area is 65.8 Å². The average molecular weight is 107 g/mol. The second kappa shape index (κ2) is 34.8. The Balaban J connectivity index is -0.0000000480. The van der Waals surface area contributed by atoms with Gasteiger partial charge in [0.2, 0.25) is 0 Å². The van der Waals surface area contributed by atoms with E-state index in [9.17, 15) is 0 Å². The third-order valence-corrected chi connectivity index (χ3v) is 0.0913. The van der Waals surface area contributed by atoms with E-state index < -0.39 is 0 Å². The van der Waals surface area contributed by atoms with Crippen molar-refractivity contribution in [1.29, 1.82) is 5.26 Å². The quantitative estimate of drug-likeness (QED) is 0.240. The zero-order valence-electron chi connectivity index (χ0n) is 4.64. The molecule has 0 saturated carbocycles. The van der Waals surface area contributed by atoms with Crippen molar-refractivity contribution >= 4 is 0 Å². The maximum Gasteiger partial charge on any atom is 1.00 e. The number of nitrogens with zero attached hydrogens (tertiary/aromatic N) is 1. The fraction of sp³-hybridized carbons (Fsp3) is 0.250. The molecule has 0 amide bonds. The summed E-state index contributed by atoms with van der Waals surface area (Å²) in [7, 11) is 0.750. The number of hydrogen-bond donors (Lipinski definition) is 0. The fourth-order valence-electron chi connectivity index (χ4n) is 0. The third kappa shape index (κ3) is 76.7.